The summed E-state index contributed by atoms with van der Waals surface area (Å²) >= 11 is 0. The highest BCUT2D eigenvalue weighted by atomic mass is 16.5. The lowest BCUT2D eigenvalue weighted by Crippen LogP contribution is -2.41. The van der Waals surface area contributed by atoms with E-state index in [0.717, 1.165) is 19.1 Å². The van der Waals surface area contributed by atoms with E-state index in [1.807, 2.05) is 0 Å². The highest BCUT2D eigenvalue weighted by Gasteiger charge is 2.26. The smallest absolute Gasteiger partial charge is 0.0468 e. The minimum atomic E-state index is 0.550. The van der Waals surface area contributed by atoms with Crippen LogP contribution in [0.5, 0.6) is 0 Å². The Morgan fingerprint density at radius 1 is 1.25 bits per heavy atom. The molecule has 2 aliphatic rings. The molecule has 0 saturated carbocycles. The second kappa shape index (κ2) is 5.50. The van der Waals surface area contributed by atoms with Crippen molar-refractivity contribution in [3.05, 3.63) is 0 Å². The molecule has 0 bridgehead atoms. The Balaban J connectivity index is 1.68. The molecule has 2 heteroatoms. The molecule has 2 saturated heterocycles. The molecule has 2 rings (SSSR count). The fourth-order valence-corrected chi connectivity index (χ4v) is 3.14. The van der Waals surface area contributed by atoms with Gasteiger partial charge in [-0.15, -0.1) is 0 Å². The highest BCUT2D eigenvalue weighted by molar-refractivity contribution is 4.80. The van der Waals surface area contributed by atoms with E-state index in [4.69, 9.17) is 4.74 Å². The zero-order chi connectivity index (χ0) is 11.4. The van der Waals surface area contributed by atoms with E-state index in [2.05, 4.69) is 18.7 Å². The molecule has 0 aromatic rings. The SMILES string of the molecule is CC1(C)CCCN(CCC2CCOCC2)C1. The quantitative estimate of drug-likeness (QED) is 0.732. The Hall–Kier alpha value is -0.0800. The summed E-state index contributed by atoms with van der Waals surface area (Å²) in [5.41, 5.74) is 0.550. The second-order valence-electron chi connectivity index (χ2n) is 6.39. The Morgan fingerprint density at radius 2 is 2.00 bits per heavy atom. The van der Waals surface area contributed by atoms with Crippen LogP contribution in [0.3, 0.4) is 0 Å². The zero-order valence-electron chi connectivity index (χ0n) is 11.0. The van der Waals surface area contributed by atoms with Crippen LogP contribution < -0.4 is 0 Å². The number of piperidine rings is 1. The van der Waals surface area contributed by atoms with Crippen molar-refractivity contribution in [2.24, 2.45) is 11.3 Å². The van der Waals surface area contributed by atoms with Crippen LogP contribution in [0, 0.1) is 11.3 Å². The van der Waals surface area contributed by atoms with Crippen molar-refractivity contribution >= 4 is 0 Å². The third-order valence-electron chi connectivity index (χ3n) is 4.17. The predicted molar refractivity (Wildman–Crippen MR) is 67.6 cm³/mol. The zero-order valence-corrected chi connectivity index (χ0v) is 11.0. The van der Waals surface area contributed by atoms with E-state index in [1.165, 1.54) is 51.7 Å². The van der Waals surface area contributed by atoms with Crippen molar-refractivity contribution in [2.45, 2.75) is 46.0 Å². The van der Waals surface area contributed by atoms with Gasteiger partial charge in [-0.05, 0) is 56.5 Å². The molecule has 2 aliphatic heterocycles. The lowest BCUT2D eigenvalue weighted by molar-refractivity contribution is 0.0536. The van der Waals surface area contributed by atoms with Gasteiger partial charge < -0.3 is 9.64 Å². The first-order valence-corrected chi connectivity index (χ1v) is 6.96. The van der Waals surface area contributed by atoms with Gasteiger partial charge in [0.2, 0.25) is 0 Å². The number of likely N-dealkylation sites (tertiary alicyclic amines) is 1. The molecule has 0 aliphatic carbocycles. The van der Waals surface area contributed by atoms with Crippen molar-refractivity contribution in [1.82, 2.24) is 4.90 Å². The van der Waals surface area contributed by atoms with Crippen LogP contribution in [0.4, 0.5) is 0 Å². The van der Waals surface area contributed by atoms with Crippen molar-refractivity contribution in [3.8, 4) is 0 Å². The van der Waals surface area contributed by atoms with Crippen LogP contribution in [0.25, 0.3) is 0 Å². The average molecular weight is 225 g/mol. The van der Waals surface area contributed by atoms with Gasteiger partial charge in [0, 0.05) is 19.8 Å². The number of hydrogen-bond donors (Lipinski definition) is 0. The Kier molecular flexibility index (Phi) is 4.26. The van der Waals surface area contributed by atoms with Gasteiger partial charge in [0.1, 0.15) is 0 Å². The topological polar surface area (TPSA) is 12.5 Å². The molecular formula is C14H27NO. The average Bonchev–Trinajstić information content (AvgIpc) is 2.27. The minimum Gasteiger partial charge on any atom is -0.381 e. The first-order chi connectivity index (χ1) is 7.66. The fraction of sp³-hybridized carbons (Fsp3) is 1.00. The molecule has 16 heavy (non-hydrogen) atoms. The van der Waals surface area contributed by atoms with Gasteiger partial charge in [0.05, 0.1) is 0 Å². The summed E-state index contributed by atoms with van der Waals surface area (Å²) in [5, 5.41) is 0. The molecule has 0 aromatic heterocycles. The molecule has 0 radical (unpaired) electrons. The lowest BCUT2D eigenvalue weighted by Gasteiger charge is -2.38. The maximum Gasteiger partial charge on any atom is 0.0468 e. The van der Waals surface area contributed by atoms with Gasteiger partial charge in [0.25, 0.3) is 0 Å². The van der Waals surface area contributed by atoms with E-state index in [0.29, 0.717) is 5.41 Å². The van der Waals surface area contributed by atoms with Crippen LogP contribution in [0.15, 0.2) is 0 Å². The largest absolute Gasteiger partial charge is 0.381 e. The van der Waals surface area contributed by atoms with E-state index in [-0.39, 0.29) is 0 Å². The van der Waals surface area contributed by atoms with Gasteiger partial charge >= 0.3 is 0 Å². The Labute approximate surface area is 100 Å². The van der Waals surface area contributed by atoms with Gasteiger partial charge in [-0.3, -0.25) is 0 Å². The highest BCUT2D eigenvalue weighted by Crippen LogP contribution is 2.29. The molecule has 2 heterocycles. The summed E-state index contributed by atoms with van der Waals surface area (Å²) in [4.78, 5) is 2.68. The number of ether oxygens (including phenoxy) is 1. The third kappa shape index (κ3) is 3.74. The first-order valence-electron chi connectivity index (χ1n) is 6.96. The number of hydrogen-bond acceptors (Lipinski definition) is 2. The first kappa shape index (κ1) is 12.4. The molecular weight excluding hydrogens is 198 g/mol. The van der Waals surface area contributed by atoms with Crippen LogP contribution in [0.2, 0.25) is 0 Å². The van der Waals surface area contributed by atoms with E-state index >= 15 is 0 Å². The normalized spacial score (nSPS) is 28.1. The molecule has 0 amide bonds. The molecule has 2 nitrogen and oxygen atoms in total. The maximum absolute atomic E-state index is 5.41. The second-order valence-corrected chi connectivity index (χ2v) is 6.39. The number of rotatable bonds is 3. The summed E-state index contributed by atoms with van der Waals surface area (Å²) in [6.45, 7) is 10.8. The van der Waals surface area contributed by atoms with Crippen LogP contribution >= 0.6 is 0 Å². The standard InChI is InChI=1S/C14H27NO/c1-14(2)7-3-8-15(12-14)9-4-13-5-10-16-11-6-13/h13H,3-12H2,1-2H3. The molecule has 0 aromatic carbocycles. The minimum absolute atomic E-state index is 0.550. The van der Waals surface area contributed by atoms with E-state index < -0.39 is 0 Å². The van der Waals surface area contributed by atoms with Crippen molar-refractivity contribution < 1.29 is 4.74 Å². The maximum atomic E-state index is 5.41. The molecule has 94 valence electrons. The monoisotopic (exact) mass is 225 g/mol. The van der Waals surface area contributed by atoms with Crippen molar-refractivity contribution in [1.29, 1.82) is 0 Å². The lowest BCUT2D eigenvalue weighted by atomic mass is 9.84. The summed E-state index contributed by atoms with van der Waals surface area (Å²) in [6, 6.07) is 0. The Bertz CT molecular complexity index is 209. The molecule has 0 spiro atoms. The predicted octanol–water partition coefficient (Wildman–Crippen LogP) is 2.93. The summed E-state index contributed by atoms with van der Waals surface area (Å²) in [7, 11) is 0. The summed E-state index contributed by atoms with van der Waals surface area (Å²) in [6.07, 6.45) is 6.76. The number of nitrogens with zero attached hydrogens (tertiary/aromatic N) is 1. The van der Waals surface area contributed by atoms with Crippen LogP contribution in [-0.4, -0.2) is 37.7 Å². The van der Waals surface area contributed by atoms with E-state index in [9.17, 15) is 0 Å². The molecule has 0 atom stereocenters. The van der Waals surface area contributed by atoms with Gasteiger partial charge in [-0.25, -0.2) is 0 Å². The van der Waals surface area contributed by atoms with Crippen LogP contribution in [0.1, 0.15) is 46.0 Å². The van der Waals surface area contributed by atoms with Crippen molar-refractivity contribution in [3.63, 3.8) is 0 Å². The van der Waals surface area contributed by atoms with E-state index in [1.54, 1.807) is 0 Å². The van der Waals surface area contributed by atoms with Crippen LogP contribution in [-0.2, 0) is 4.74 Å². The molecule has 2 fully saturated rings. The van der Waals surface area contributed by atoms with Gasteiger partial charge in [0.15, 0.2) is 0 Å². The molecule has 0 N–H and O–H groups in total. The fourth-order valence-electron chi connectivity index (χ4n) is 3.14. The van der Waals surface area contributed by atoms with Gasteiger partial charge in [-0.1, -0.05) is 13.8 Å². The third-order valence-corrected chi connectivity index (χ3v) is 4.17. The summed E-state index contributed by atoms with van der Waals surface area (Å²) < 4.78 is 5.41. The Morgan fingerprint density at radius 3 is 2.69 bits per heavy atom. The summed E-state index contributed by atoms with van der Waals surface area (Å²) in [5.74, 6) is 0.929. The van der Waals surface area contributed by atoms with Crippen molar-refractivity contribution in [2.75, 3.05) is 32.8 Å². The van der Waals surface area contributed by atoms with Gasteiger partial charge in [-0.2, -0.15) is 0 Å². The molecule has 0 unspecified atom stereocenters.